The zero-order valence-electron chi connectivity index (χ0n) is 7.91. The van der Waals surface area contributed by atoms with Gasteiger partial charge in [0.1, 0.15) is 11.5 Å². The molecule has 0 saturated heterocycles. The Morgan fingerprint density at radius 2 is 2.00 bits per heavy atom. The highest BCUT2D eigenvalue weighted by molar-refractivity contribution is 5.42. The lowest BCUT2D eigenvalue weighted by Gasteiger charge is -2.24. The van der Waals surface area contributed by atoms with Gasteiger partial charge in [0.25, 0.3) is 0 Å². The summed E-state index contributed by atoms with van der Waals surface area (Å²) in [5, 5.41) is 18.7. The van der Waals surface area contributed by atoms with Crippen molar-refractivity contribution >= 4 is 0 Å². The molecule has 13 heavy (non-hydrogen) atoms. The lowest BCUT2D eigenvalue weighted by molar-refractivity contribution is 0.409. The third-order valence-corrected chi connectivity index (χ3v) is 2.33. The zero-order valence-corrected chi connectivity index (χ0v) is 7.91. The van der Waals surface area contributed by atoms with Gasteiger partial charge in [-0.15, -0.1) is 0 Å². The summed E-state index contributed by atoms with van der Waals surface area (Å²) in [5.41, 5.74) is 5.92. The first kappa shape index (κ1) is 9.86. The van der Waals surface area contributed by atoms with Crippen LogP contribution in [0.25, 0.3) is 0 Å². The van der Waals surface area contributed by atoms with Gasteiger partial charge in [-0.1, -0.05) is 6.92 Å². The van der Waals surface area contributed by atoms with E-state index in [0.717, 1.165) is 0 Å². The van der Waals surface area contributed by atoms with Crippen molar-refractivity contribution in [3.05, 3.63) is 23.8 Å². The molecule has 0 radical (unpaired) electrons. The lowest BCUT2D eigenvalue weighted by atomic mass is 9.90. The molecule has 0 fully saturated rings. The molecule has 1 rings (SSSR count). The van der Waals surface area contributed by atoms with Crippen molar-refractivity contribution in [3.63, 3.8) is 0 Å². The number of hydrogen-bond acceptors (Lipinski definition) is 3. The minimum absolute atomic E-state index is 0.123. The van der Waals surface area contributed by atoms with E-state index < -0.39 is 5.54 Å². The van der Waals surface area contributed by atoms with Crippen LogP contribution in [-0.2, 0) is 5.54 Å². The number of phenolic OH excluding ortho intramolecular Hbond substituents is 2. The molecule has 0 saturated carbocycles. The van der Waals surface area contributed by atoms with Crippen LogP contribution in [0.5, 0.6) is 11.5 Å². The van der Waals surface area contributed by atoms with Crippen LogP contribution in [0.15, 0.2) is 18.2 Å². The fourth-order valence-electron chi connectivity index (χ4n) is 1.17. The predicted octanol–water partition coefficient (Wildman–Crippen LogP) is 1.68. The summed E-state index contributed by atoms with van der Waals surface area (Å²) in [7, 11) is 0. The fraction of sp³-hybridized carbons (Fsp3) is 0.400. The summed E-state index contributed by atoms with van der Waals surface area (Å²) >= 11 is 0. The standard InChI is InChI=1S/C10H15NO2/c1-3-10(2,11)8-6-7(12)4-5-9(8)13/h4-6,12-13H,3,11H2,1-2H3/t10-/m1/s1. The van der Waals surface area contributed by atoms with Crippen molar-refractivity contribution in [3.8, 4) is 11.5 Å². The monoisotopic (exact) mass is 181 g/mol. The summed E-state index contributed by atoms with van der Waals surface area (Å²) in [6, 6.07) is 4.38. The summed E-state index contributed by atoms with van der Waals surface area (Å²) in [5.74, 6) is 0.252. The summed E-state index contributed by atoms with van der Waals surface area (Å²) < 4.78 is 0. The van der Waals surface area contributed by atoms with E-state index in [2.05, 4.69) is 0 Å². The van der Waals surface area contributed by atoms with Gasteiger partial charge in [-0.25, -0.2) is 0 Å². The number of phenols is 2. The average molecular weight is 181 g/mol. The normalized spacial score (nSPS) is 15.3. The van der Waals surface area contributed by atoms with E-state index >= 15 is 0 Å². The van der Waals surface area contributed by atoms with Crippen LogP contribution >= 0.6 is 0 Å². The average Bonchev–Trinajstić information content (AvgIpc) is 2.09. The molecular formula is C10H15NO2. The summed E-state index contributed by atoms with van der Waals surface area (Å²) in [6.45, 7) is 3.75. The second-order valence-electron chi connectivity index (χ2n) is 3.47. The molecule has 0 aliphatic rings. The number of hydrogen-bond donors (Lipinski definition) is 3. The van der Waals surface area contributed by atoms with Crippen LogP contribution in [0, 0.1) is 0 Å². The van der Waals surface area contributed by atoms with E-state index in [1.165, 1.54) is 18.2 Å². The highest BCUT2D eigenvalue weighted by Gasteiger charge is 2.22. The fourth-order valence-corrected chi connectivity index (χ4v) is 1.17. The molecule has 0 bridgehead atoms. The maximum absolute atomic E-state index is 9.51. The van der Waals surface area contributed by atoms with E-state index in [9.17, 15) is 10.2 Å². The first-order chi connectivity index (χ1) is 5.97. The van der Waals surface area contributed by atoms with Crippen molar-refractivity contribution < 1.29 is 10.2 Å². The van der Waals surface area contributed by atoms with Crippen molar-refractivity contribution in [1.82, 2.24) is 0 Å². The van der Waals surface area contributed by atoms with Gasteiger partial charge in [0.2, 0.25) is 0 Å². The molecule has 0 spiro atoms. The Hall–Kier alpha value is -1.22. The molecule has 3 nitrogen and oxygen atoms in total. The number of nitrogens with two attached hydrogens (primary N) is 1. The quantitative estimate of drug-likeness (QED) is 0.608. The van der Waals surface area contributed by atoms with Crippen molar-refractivity contribution in [2.24, 2.45) is 5.73 Å². The SMILES string of the molecule is CC[C@@](C)(N)c1cc(O)ccc1O. The molecule has 0 heterocycles. The maximum atomic E-state index is 9.51. The Balaban J connectivity index is 3.20. The van der Waals surface area contributed by atoms with Crippen LogP contribution in [0.2, 0.25) is 0 Å². The second kappa shape index (κ2) is 3.26. The molecule has 0 aromatic heterocycles. The predicted molar refractivity (Wildman–Crippen MR) is 51.6 cm³/mol. The van der Waals surface area contributed by atoms with Crippen molar-refractivity contribution in [1.29, 1.82) is 0 Å². The van der Waals surface area contributed by atoms with E-state index in [4.69, 9.17) is 5.73 Å². The Kier molecular flexibility index (Phi) is 2.48. The minimum atomic E-state index is -0.594. The number of aromatic hydroxyl groups is 2. The Morgan fingerprint density at radius 1 is 1.38 bits per heavy atom. The smallest absolute Gasteiger partial charge is 0.120 e. The van der Waals surface area contributed by atoms with Gasteiger partial charge >= 0.3 is 0 Å². The van der Waals surface area contributed by atoms with Crippen LogP contribution in [-0.4, -0.2) is 10.2 Å². The molecule has 0 aliphatic carbocycles. The Morgan fingerprint density at radius 3 is 2.54 bits per heavy atom. The third-order valence-electron chi connectivity index (χ3n) is 2.33. The Bertz CT molecular complexity index is 308. The largest absolute Gasteiger partial charge is 0.508 e. The van der Waals surface area contributed by atoms with E-state index in [1.54, 1.807) is 0 Å². The van der Waals surface area contributed by atoms with Gasteiger partial charge < -0.3 is 15.9 Å². The molecule has 1 aromatic rings. The molecule has 0 unspecified atom stereocenters. The maximum Gasteiger partial charge on any atom is 0.120 e. The minimum Gasteiger partial charge on any atom is -0.508 e. The van der Waals surface area contributed by atoms with Crippen molar-refractivity contribution in [2.75, 3.05) is 0 Å². The second-order valence-corrected chi connectivity index (χ2v) is 3.47. The van der Waals surface area contributed by atoms with Gasteiger partial charge in [0.15, 0.2) is 0 Å². The topological polar surface area (TPSA) is 66.5 Å². The van der Waals surface area contributed by atoms with Gasteiger partial charge in [0.05, 0.1) is 0 Å². The molecular weight excluding hydrogens is 166 g/mol. The van der Waals surface area contributed by atoms with E-state index in [1.807, 2.05) is 13.8 Å². The molecule has 1 atom stereocenters. The number of rotatable bonds is 2. The third kappa shape index (κ3) is 1.92. The van der Waals surface area contributed by atoms with Crippen LogP contribution in [0.1, 0.15) is 25.8 Å². The van der Waals surface area contributed by atoms with Gasteiger partial charge in [-0.05, 0) is 31.5 Å². The van der Waals surface area contributed by atoms with E-state index in [-0.39, 0.29) is 11.5 Å². The van der Waals surface area contributed by atoms with Gasteiger partial charge in [-0.3, -0.25) is 0 Å². The molecule has 4 N–H and O–H groups in total. The highest BCUT2D eigenvalue weighted by atomic mass is 16.3. The van der Waals surface area contributed by atoms with Gasteiger partial charge in [-0.2, -0.15) is 0 Å². The van der Waals surface area contributed by atoms with Crippen molar-refractivity contribution in [2.45, 2.75) is 25.8 Å². The lowest BCUT2D eigenvalue weighted by Crippen LogP contribution is -2.31. The molecule has 3 heteroatoms. The molecule has 1 aromatic carbocycles. The van der Waals surface area contributed by atoms with Gasteiger partial charge in [0, 0.05) is 11.1 Å². The Labute approximate surface area is 77.8 Å². The molecule has 72 valence electrons. The number of benzene rings is 1. The molecule has 0 amide bonds. The molecule has 0 aliphatic heterocycles. The van der Waals surface area contributed by atoms with Crippen LogP contribution in [0.3, 0.4) is 0 Å². The summed E-state index contributed by atoms with van der Waals surface area (Å²) in [4.78, 5) is 0. The van der Waals surface area contributed by atoms with E-state index in [0.29, 0.717) is 12.0 Å². The summed E-state index contributed by atoms with van der Waals surface area (Å²) in [6.07, 6.45) is 0.698. The first-order valence-electron chi connectivity index (χ1n) is 4.28. The van der Waals surface area contributed by atoms with Crippen LogP contribution < -0.4 is 5.73 Å². The van der Waals surface area contributed by atoms with Crippen LogP contribution in [0.4, 0.5) is 0 Å². The first-order valence-corrected chi connectivity index (χ1v) is 4.28. The highest BCUT2D eigenvalue weighted by Crippen LogP contribution is 2.32. The zero-order chi connectivity index (χ0) is 10.1.